The monoisotopic (exact) mass is 322 g/mol. The number of hydrogen-bond acceptors (Lipinski definition) is 4. The van der Waals surface area contributed by atoms with Gasteiger partial charge in [-0.15, -0.1) is 11.3 Å². The van der Waals surface area contributed by atoms with Gasteiger partial charge in [-0.05, 0) is 37.1 Å². The lowest BCUT2D eigenvalue weighted by atomic mass is 9.95. The number of nitrogens with zero attached hydrogens (tertiary/aromatic N) is 1. The smallest absolute Gasteiger partial charge is 0.263 e. The van der Waals surface area contributed by atoms with Crippen molar-refractivity contribution in [3.05, 3.63) is 22.4 Å². The third kappa shape index (κ3) is 3.67. The summed E-state index contributed by atoms with van der Waals surface area (Å²) in [5.74, 6) is 0.223. The fraction of sp³-hybridized carbons (Fsp3) is 0.625. The van der Waals surface area contributed by atoms with Crippen molar-refractivity contribution in [1.82, 2.24) is 10.2 Å². The van der Waals surface area contributed by atoms with Gasteiger partial charge in [0.2, 0.25) is 5.91 Å². The molecule has 2 amide bonds. The number of hydrogen-bond donors (Lipinski definition) is 1. The lowest BCUT2D eigenvalue weighted by molar-refractivity contribution is -0.126. The molecule has 0 aromatic carbocycles. The largest absolute Gasteiger partial charge is 0.376 e. The molecule has 3 heterocycles. The van der Waals surface area contributed by atoms with Crippen LogP contribution in [0.4, 0.5) is 0 Å². The van der Waals surface area contributed by atoms with E-state index in [1.807, 2.05) is 22.4 Å². The van der Waals surface area contributed by atoms with E-state index in [0.29, 0.717) is 19.6 Å². The molecule has 22 heavy (non-hydrogen) atoms. The van der Waals surface area contributed by atoms with Gasteiger partial charge in [0.15, 0.2) is 0 Å². The molecule has 120 valence electrons. The first-order valence-corrected chi connectivity index (χ1v) is 8.84. The van der Waals surface area contributed by atoms with Gasteiger partial charge in [0, 0.05) is 32.2 Å². The summed E-state index contributed by atoms with van der Waals surface area (Å²) in [5.41, 5.74) is 0. The number of piperidine rings is 1. The van der Waals surface area contributed by atoms with Crippen molar-refractivity contribution in [3.63, 3.8) is 0 Å². The minimum Gasteiger partial charge on any atom is -0.376 e. The first-order chi connectivity index (χ1) is 10.7. The lowest BCUT2D eigenvalue weighted by Gasteiger charge is -2.31. The van der Waals surface area contributed by atoms with Crippen molar-refractivity contribution in [3.8, 4) is 0 Å². The van der Waals surface area contributed by atoms with Crippen LogP contribution in [-0.2, 0) is 9.53 Å². The van der Waals surface area contributed by atoms with Crippen molar-refractivity contribution in [1.29, 1.82) is 0 Å². The number of ether oxygens (including phenoxy) is 1. The molecule has 0 unspecified atom stereocenters. The Morgan fingerprint density at radius 3 is 2.77 bits per heavy atom. The molecular formula is C16H22N2O3S. The molecule has 1 atom stereocenters. The van der Waals surface area contributed by atoms with E-state index >= 15 is 0 Å². The first-order valence-electron chi connectivity index (χ1n) is 7.96. The van der Waals surface area contributed by atoms with E-state index in [1.54, 1.807) is 0 Å². The van der Waals surface area contributed by atoms with Crippen LogP contribution in [0.15, 0.2) is 17.5 Å². The number of likely N-dealkylation sites (tertiary alicyclic amines) is 1. The Morgan fingerprint density at radius 2 is 2.14 bits per heavy atom. The molecule has 0 spiro atoms. The normalized spacial score (nSPS) is 22.7. The highest BCUT2D eigenvalue weighted by molar-refractivity contribution is 7.12. The Morgan fingerprint density at radius 1 is 1.32 bits per heavy atom. The average Bonchev–Trinajstić information content (AvgIpc) is 3.25. The third-order valence-electron chi connectivity index (χ3n) is 4.41. The maximum atomic E-state index is 12.3. The number of thiophene rings is 1. The van der Waals surface area contributed by atoms with Gasteiger partial charge in [-0.1, -0.05) is 6.07 Å². The van der Waals surface area contributed by atoms with Crippen LogP contribution in [0.3, 0.4) is 0 Å². The van der Waals surface area contributed by atoms with Crippen LogP contribution >= 0.6 is 11.3 Å². The Bertz CT molecular complexity index is 503. The van der Waals surface area contributed by atoms with E-state index in [4.69, 9.17) is 4.74 Å². The number of carbonyl (C=O) groups excluding carboxylic acids is 2. The van der Waals surface area contributed by atoms with Crippen molar-refractivity contribution < 1.29 is 14.3 Å². The number of carbonyl (C=O) groups is 2. The summed E-state index contributed by atoms with van der Waals surface area (Å²) in [6.07, 6.45) is 3.80. The second kappa shape index (κ2) is 7.24. The van der Waals surface area contributed by atoms with Crippen molar-refractivity contribution >= 4 is 23.2 Å². The SMILES string of the molecule is O=C(NC[C@@H]1CCCO1)C1CCN(C(=O)c2cccs2)CC1. The summed E-state index contributed by atoms with van der Waals surface area (Å²) in [5, 5.41) is 4.92. The van der Waals surface area contributed by atoms with E-state index in [9.17, 15) is 9.59 Å². The van der Waals surface area contributed by atoms with Crippen LogP contribution in [0.2, 0.25) is 0 Å². The average molecular weight is 322 g/mol. The van der Waals surface area contributed by atoms with Crippen molar-refractivity contribution in [2.75, 3.05) is 26.2 Å². The maximum absolute atomic E-state index is 12.3. The molecule has 2 aliphatic rings. The zero-order valence-corrected chi connectivity index (χ0v) is 13.4. The van der Waals surface area contributed by atoms with Gasteiger partial charge in [0.25, 0.3) is 5.91 Å². The maximum Gasteiger partial charge on any atom is 0.263 e. The summed E-state index contributed by atoms with van der Waals surface area (Å²) >= 11 is 1.47. The number of amides is 2. The summed E-state index contributed by atoms with van der Waals surface area (Å²) in [6, 6.07) is 3.75. The topological polar surface area (TPSA) is 58.6 Å². The lowest BCUT2D eigenvalue weighted by Crippen LogP contribution is -2.44. The Kier molecular flexibility index (Phi) is 5.10. The van der Waals surface area contributed by atoms with Gasteiger partial charge in [-0.25, -0.2) is 0 Å². The first kappa shape index (κ1) is 15.5. The predicted octanol–water partition coefficient (Wildman–Crippen LogP) is 1.90. The molecule has 0 radical (unpaired) electrons. The Balaban J connectivity index is 1.42. The molecule has 6 heteroatoms. The summed E-state index contributed by atoms with van der Waals surface area (Å²) in [4.78, 5) is 27.1. The van der Waals surface area contributed by atoms with Gasteiger partial charge in [-0.3, -0.25) is 9.59 Å². The molecule has 1 N–H and O–H groups in total. The molecule has 0 aliphatic carbocycles. The van der Waals surface area contributed by atoms with Gasteiger partial charge in [0.1, 0.15) is 0 Å². The zero-order chi connectivity index (χ0) is 15.4. The summed E-state index contributed by atoms with van der Waals surface area (Å²) in [6.45, 7) is 2.75. The number of nitrogens with one attached hydrogen (secondary N) is 1. The van der Waals surface area contributed by atoms with Gasteiger partial charge >= 0.3 is 0 Å². The standard InChI is InChI=1S/C16H22N2O3S/c19-15(17-11-13-3-1-9-21-13)12-5-7-18(8-6-12)16(20)14-4-2-10-22-14/h2,4,10,12-13H,1,3,5-9,11H2,(H,17,19)/t13-/m0/s1. The minimum atomic E-state index is 0.0220. The summed E-state index contributed by atoms with van der Waals surface area (Å²) in [7, 11) is 0. The molecule has 2 saturated heterocycles. The van der Waals surface area contributed by atoms with Crippen LogP contribution in [0.25, 0.3) is 0 Å². The molecule has 2 fully saturated rings. The van der Waals surface area contributed by atoms with Gasteiger partial charge < -0.3 is 15.0 Å². The minimum absolute atomic E-state index is 0.0220. The Labute approximate surface area is 134 Å². The molecule has 5 nitrogen and oxygen atoms in total. The molecule has 1 aromatic rings. The van der Waals surface area contributed by atoms with Crippen LogP contribution in [0, 0.1) is 5.92 Å². The predicted molar refractivity (Wildman–Crippen MR) is 84.9 cm³/mol. The van der Waals surface area contributed by atoms with Crippen molar-refractivity contribution in [2.45, 2.75) is 31.8 Å². The molecule has 1 aromatic heterocycles. The van der Waals surface area contributed by atoms with E-state index in [2.05, 4.69) is 5.32 Å². The molecule has 2 aliphatic heterocycles. The van der Waals surface area contributed by atoms with E-state index in [1.165, 1.54) is 11.3 Å². The van der Waals surface area contributed by atoms with Crippen LogP contribution in [0.1, 0.15) is 35.4 Å². The fourth-order valence-electron chi connectivity index (χ4n) is 3.06. The molecule has 3 rings (SSSR count). The molecule has 0 bridgehead atoms. The quantitative estimate of drug-likeness (QED) is 0.921. The number of rotatable bonds is 4. The van der Waals surface area contributed by atoms with E-state index in [-0.39, 0.29) is 23.8 Å². The molecule has 0 saturated carbocycles. The van der Waals surface area contributed by atoms with Crippen LogP contribution in [-0.4, -0.2) is 49.1 Å². The van der Waals surface area contributed by atoms with Crippen LogP contribution < -0.4 is 5.32 Å². The third-order valence-corrected chi connectivity index (χ3v) is 5.27. The molecular weight excluding hydrogens is 300 g/mol. The zero-order valence-electron chi connectivity index (χ0n) is 12.6. The van der Waals surface area contributed by atoms with Gasteiger partial charge in [-0.2, -0.15) is 0 Å². The van der Waals surface area contributed by atoms with Crippen LogP contribution in [0.5, 0.6) is 0 Å². The fourth-order valence-corrected chi connectivity index (χ4v) is 3.76. The highest BCUT2D eigenvalue weighted by atomic mass is 32.1. The Hall–Kier alpha value is -1.40. The second-order valence-corrected chi connectivity index (χ2v) is 6.87. The van der Waals surface area contributed by atoms with Crippen molar-refractivity contribution in [2.24, 2.45) is 5.92 Å². The van der Waals surface area contributed by atoms with E-state index in [0.717, 1.165) is 37.2 Å². The second-order valence-electron chi connectivity index (χ2n) is 5.92. The summed E-state index contributed by atoms with van der Waals surface area (Å²) < 4.78 is 5.51. The van der Waals surface area contributed by atoms with E-state index < -0.39 is 0 Å². The van der Waals surface area contributed by atoms with Gasteiger partial charge in [0.05, 0.1) is 11.0 Å². The highest BCUT2D eigenvalue weighted by Gasteiger charge is 2.28. The highest BCUT2D eigenvalue weighted by Crippen LogP contribution is 2.21.